The molecule has 0 atom stereocenters. The van der Waals surface area contributed by atoms with Crippen molar-refractivity contribution in [1.29, 1.82) is 0 Å². The number of nitrogens with one attached hydrogen (secondary N) is 1. The first-order valence-corrected chi connectivity index (χ1v) is 8.01. The minimum Gasteiger partial charge on any atom is -0.350 e. The van der Waals surface area contributed by atoms with Crippen LogP contribution in [0.15, 0.2) is 18.2 Å². The average molecular weight is 288 g/mol. The van der Waals surface area contributed by atoms with Gasteiger partial charge >= 0.3 is 0 Å². The van der Waals surface area contributed by atoms with Crippen molar-refractivity contribution in [3.63, 3.8) is 0 Å². The van der Waals surface area contributed by atoms with Crippen molar-refractivity contribution < 1.29 is 4.79 Å². The Morgan fingerprint density at radius 3 is 2.52 bits per heavy atom. The van der Waals surface area contributed by atoms with Crippen LogP contribution in [0.3, 0.4) is 0 Å². The van der Waals surface area contributed by atoms with Crippen LogP contribution in [0, 0.1) is 13.8 Å². The number of likely N-dealkylation sites (tertiary alicyclic amines) is 1. The monoisotopic (exact) mass is 288 g/mol. The van der Waals surface area contributed by atoms with Gasteiger partial charge in [0, 0.05) is 17.6 Å². The molecular weight excluding hydrogens is 260 g/mol. The highest BCUT2D eigenvalue weighted by atomic mass is 16.1. The van der Waals surface area contributed by atoms with Gasteiger partial charge in [-0.15, -0.1) is 0 Å². The lowest BCUT2D eigenvalue weighted by Crippen LogP contribution is -2.53. The van der Waals surface area contributed by atoms with Gasteiger partial charge < -0.3 is 5.32 Å². The van der Waals surface area contributed by atoms with E-state index < -0.39 is 0 Å². The second-order valence-corrected chi connectivity index (χ2v) is 6.79. The summed E-state index contributed by atoms with van der Waals surface area (Å²) in [7, 11) is 0. The second-order valence-electron chi connectivity index (χ2n) is 6.79. The SMILES string of the molecule is Cc1cccc(C(=O)NCC(C)(C)N2CCCCC2)c1C. The van der Waals surface area contributed by atoms with E-state index in [0.29, 0.717) is 6.54 Å². The summed E-state index contributed by atoms with van der Waals surface area (Å²) in [5.74, 6) is 0.0429. The smallest absolute Gasteiger partial charge is 0.251 e. The molecule has 1 N–H and O–H groups in total. The van der Waals surface area contributed by atoms with E-state index in [1.54, 1.807) is 0 Å². The van der Waals surface area contributed by atoms with Crippen LogP contribution in [0.5, 0.6) is 0 Å². The Bertz CT molecular complexity index is 502. The molecule has 2 rings (SSSR count). The fourth-order valence-electron chi connectivity index (χ4n) is 3.00. The van der Waals surface area contributed by atoms with E-state index in [2.05, 4.69) is 24.1 Å². The molecule has 1 saturated heterocycles. The Morgan fingerprint density at radius 1 is 1.19 bits per heavy atom. The Labute approximate surface area is 128 Å². The third kappa shape index (κ3) is 3.85. The summed E-state index contributed by atoms with van der Waals surface area (Å²) < 4.78 is 0. The molecule has 0 aliphatic carbocycles. The van der Waals surface area contributed by atoms with Gasteiger partial charge in [0.15, 0.2) is 0 Å². The number of nitrogens with zero attached hydrogens (tertiary/aromatic N) is 1. The summed E-state index contributed by atoms with van der Waals surface area (Å²) in [6.07, 6.45) is 3.88. The first-order chi connectivity index (χ1) is 9.92. The number of hydrogen-bond acceptors (Lipinski definition) is 2. The molecule has 0 aromatic heterocycles. The maximum atomic E-state index is 12.4. The lowest BCUT2D eigenvalue weighted by Gasteiger charge is -2.41. The van der Waals surface area contributed by atoms with Gasteiger partial charge in [0.1, 0.15) is 0 Å². The zero-order valence-electron chi connectivity index (χ0n) is 13.8. The largest absolute Gasteiger partial charge is 0.350 e. The topological polar surface area (TPSA) is 32.3 Å². The maximum Gasteiger partial charge on any atom is 0.251 e. The lowest BCUT2D eigenvalue weighted by molar-refractivity contribution is 0.0797. The van der Waals surface area contributed by atoms with Crippen LogP contribution in [0.25, 0.3) is 0 Å². The minimum atomic E-state index is 0.0216. The average Bonchev–Trinajstić information content (AvgIpc) is 2.49. The van der Waals surface area contributed by atoms with Gasteiger partial charge in [-0.2, -0.15) is 0 Å². The van der Waals surface area contributed by atoms with Crippen molar-refractivity contribution >= 4 is 5.91 Å². The van der Waals surface area contributed by atoms with E-state index in [-0.39, 0.29) is 11.4 Å². The molecule has 1 aliphatic heterocycles. The molecule has 0 spiro atoms. The van der Waals surface area contributed by atoms with Gasteiger partial charge in [0.2, 0.25) is 0 Å². The van der Waals surface area contributed by atoms with E-state index in [0.717, 1.165) is 29.8 Å². The highest BCUT2D eigenvalue weighted by Crippen LogP contribution is 2.20. The number of carbonyl (C=O) groups is 1. The molecule has 3 heteroatoms. The molecule has 1 aromatic carbocycles. The first-order valence-electron chi connectivity index (χ1n) is 8.01. The van der Waals surface area contributed by atoms with Crippen molar-refractivity contribution in [2.24, 2.45) is 0 Å². The van der Waals surface area contributed by atoms with Crippen LogP contribution >= 0.6 is 0 Å². The number of carbonyl (C=O) groups excluding carboxylic acids is 1. The van der Waals surface area contributed by atoms with E-state index >= 15 is 0 Å². The molecule has 21 heavy (non-hydrogen) atoms. The number of aryl methyl sites for hydroxylation is 1. The van der Waals surface area contributed by atoms with Crippen molar-refractivity contribution in [3.05, 3.63) is 34.9 Å². The standard InChI is InChI=1S/C18H28N2O/c1-14-9-8-10-16(15(14)2)17(21)19-13-18(3,4)20-11-6-5-7-12-20/h8-10H,5-7,11-13H2,1-4H3,(H,19,21). The number of piperidine rings is 1. The molecule has 1 amide bonds. The lowest BCUT2D eigenvalue weighted by atomic mass is 9.98. The zero-order valence-corrected chi connectivity index (χ0v) is 13.8. The summed E-state index contributed by atoms with van der Waals surface area (Å²) in [4.78, 5) is 14.9. The van der Waals surface area contributed by atoms with Crippen LogP contribution in [0.1, 0.15) is 54.6 Å². The number of hydrogen-bond donors (Lipinski definition) is 1. The van der Waals surface area contributed by atoms with Gasteiger partial charge in [-0.25, -0.2) is 0 Å². The number of amides is 1. The summed E-state index contributed by atoms with van der Waals surface area (Å²) >= 11 is 0. The van der Waals surface area contributed by atoms with Crippen molar-refractivity contribution in [2.45, 2.75) is 52.5 Å². The minimum absolute atomic E-state index is 0.0216. The third-order valence-electron chi connectivity index (χ3n) is 4.74. The van der Waals surface area contributed by atoms with E-state index in [1.165, 1.54) is 19.3 Å². The molecule has 1 fully saturated rings. The first kappa shape index (κ1) is 16.0. The van der Waals surface area contributed by atoms with Crippen molar-refractivity contribution in [2.75, 3.05) is 19.6 Å². The van der Waals surface area contributed by atoms with Crippen LogP contribution in [-0.2, 0) is 0 Å². The Hall–Kier alpha value is -1.35. The summed E-state index contributed by atoms with van der Waals surface area (Å²) in [6.45, 7) is 11.5. The molecule has 1 aromatic rings. The highest BCUT2D eigenvalue weighted by molar-refractivity contribution is 5.95. The van der Waals surface area contributed by atoms with Crippen molar-refractivity contribution in [1.82, 2.24) is 10.2 Å². The molecule has 0 unspecified atom stereocenters. The summed E-state index contributed by atoms with van der Waals surface area (Å²) in [5.41, 5.74) is 3.06. The van der Waals surface area contributed by atoms with E-state index in [9.17, 15) is 4.79 Å². The van der Waals surface area contributed by atoms with E-state index in [4.69, 9.17) is 0 Å². The molecule has 1 aliphatic rings. The van der Waals surface area contributed by atoms with Crippen molar-refractivity contribution in [3.8, 4) is 0 Å². The zero-order chi connectivity index (χ0) is 15.5. The summed E-state index contributed by atoms with van der Waals surface area (Å²) in [6, 6.07) is 5.91. The normalized spacial score (nSPS) is 16.8. The van der Waals surface area contributed by atoms with Gasteiger partial charge in [-0.05, 0) is 70.8 Å². The Balaban J connectivity index is 1.98. The third-order valence-corrected chi connectivity index (χ3v) is 4.74. The molecule has 116 valence electrons. The van der Waals surface area contributed by atoms with Gasteiger partial charge in [0.05, 0.1) is 0 Å². The van der Waals surface area contributed by atoms with Gasteiger partial charge in [0.25, 0.3) is 5.91 Å². The van der Waals surface area contributed by atoms with Crippen LogP contribution in [-0.4, -0.2) is 36.0 Å². The quantitative estimate of drug-likeness (QED) is 0.922. The predicted octanol–water partition coefficient (Wildman–Crippen LogP) is 3.30. The van der Waals surface area contributed by atoms with Crippen LogP contribution in [0.2, 0.25) is 0 Å². The predicted molar refractivity (Wildman–Crippen MR) is 87.8 cm³/mol. The Kier molecular flexibility index (Phi) is 5.04. The molecule has 0 saturated carbocycles. The number of benzene rings is 1. The van der Waals surface area contributed by atoms with Gasteiger partial charge in [-0.1, -0.05) is 18.6 Å². The van der Waals surface area contributed by atoms with E-state index in [1.807, 2.05) is 32.0 Å². The fraction of sp³-hybridized carbons (Fsp3) is 0.611. The molecule has 0 radical (unpaired) electrons. The molecule has 3 nitrogen and oxygen atoms in total. The van der Waals surface area contributed by atoms with Crippen LogP contribution < -0.4 is 5.32 Å². The fourth-order valence-corrected chi connectivity index (χ4v) is 3.00. The summed E-state index contributed by atoms with van der Waals surface area (Å²) in [5, 5.41) is 3.12. The molecule has 1 heterocycles. The molecule has 0 bridgehead atoms. The highest BCUT2D eigenvalue weighted by Gasteiger charge is 2.28. The second kappa shape index (κ2) is 6.61. The maximum absolute atomic E-state index is 12.4. The van der Waals surface area contributed by atoms with Gasteiger partial charge in [-0.3, -0.25) is 9.69 Å². The molecular formula is C18H28N2O. The Morgan fingerprint density at radius 2 is 1.86 bits per heavy atom. The van der Waals surface area contributed by atoms with Crippen LogP contribution in [0.4, 0.5) is 0 Å². The number of rotatable bonds is 4.